The van der Waals surface area contributed by atoms with E-state index in [0.717, 1.165) is 25.8 Å². The van der Waals surface area contributed by atoms with Crippen molar-refractivity contribution in [3.8, 4) is 0 Å². The van der Waals surface area contributed by atoms with E-state index in [4.69, 9.17) is 4.99 Å². The summed E-state index contributed by atoms with van der Waals surface area (Å²) in [7, 11) is 0. The van der Waals surface area contributed by atoms with E-state index >= 15 is 0 Å². The van der Waals surface area contributed by atoms with Crippen molar-refractivity contribution in [2.24, 2.45) is 4.99 Å². The fourth-order valence-electron chi connectivity index (χ4n) is 2.46. The Labute approximate surface area is 165 Å². The van der Waals surface area contributed by atoms with Gasteiger partial charge in [0.25, 0.3) is 0 Å². The van der Waals surface area contributed by atoms with Gasteiger partial charge in [-0.3, -0.25) is 4.99 Å². The summed E-state index contributed by atoms with van der Waals surface area (Å²) in [6, 6.07) is 26.8. The Morgan fingerprint density at radius 2 is 1.40 bits per heavy atom. The molecule has 3 heteroatoms. The number of allylic oxidation sites excluding steroid dienone is 1. The summed E-state index contributed by atoms with van der Waals surface area (Å²) in [6.07, 6.45) is 4.17. The van der Waals surface area contributed by atoms with Gasteiger partial charge in [0.2, 0.25) is 0 Å². The molecule has 0 amide bonds. The summed E-state index contributed by atoms with van der Waals surface area (Å²) in [6.45, 7) is 0.664. The SMILES string of the molecule is Brc1cc(Br)cc(/C=C/C(=NCc2ccccc2)c2ccccc2)c1. The van der Waals surface area contributed by atoms with E-state index in [0.29, 0.717) is 6.54 Å². The second kappa shape index (κ2) is 8.93. The first-order valence-corrected chi connectivity index (χ1v) is 9.57. The van der Waals surface area contributed by atoms with Crippen LogP contribution in [0.2, 0.25) is 0 Å². The van der Waals surface area contributed by atoms with Gasteiger partial charge in [-0.15, -0.1) is 0 Å². The van der Waals surface area contributed by atoms with Gasteiger partial charge in [-0.2, -0.15) is 0 Å². The summed E-state index contributed by atoms with van der Waals surface area (Å²) >= 11 is 7.06. The van der Waals surface area contributed by atoms with E-state index in [9.17, 15) is 0 Å². The molecule has 0 spiro atoms. The summed E-state index contributed by atoms with van der Waals surface area (Å²) < 4.78 is 2.09. The van der Waals surface area contributed by atoms with Crippen LogP contribution in [0.25, 0.3) is 6.08 Å². The molecule has 3 aromatic carbocycles. The van der Waals surface area contributed by atoms with Crippen molar-refractivity contribution in [3.05, 3.63) is 111 Å². The number of rotatable bonds is 5. The van der Waals surface area contributed by atoms with Crippen LogP contribution >= 0.6 is 31.9 Å². The third kappa shape index (κ3) is 5.52. The van der Waals surface area contributed by atoms with Crippen LogP contribution in [0.5, 0.6) is 0 Å². The Kier molecular flexibility index (Phi) is 6.37. The van der Waals surface area contributed by atoms with Crippen molar-refractivity contribution < 1.29 is 0 Å². The number of nitrogens with zero attached hydrogens (tertiary/aromatic N) is 1. The molecule has 3 rings (SSSR count). The lowest BCUT2D eigenvalue weighted by atomic mass is 10.1. The van der Waals surface area contributed by atoms with Gasteiger partial charge in [0.05, 0.1) is 12.3 Å². The normalized spacial score (nSPS) is 11.8. The van der Waals surface area contributed by atoms with Gasteiger partial charge < -0.3 is 0 Å². The Balaban J connectivity index is 1.90. The molecule has 0 fully saturated rings. The van der Waals surface area contributed by atoms with E-state index in [2.05, 4.69) is 80.4 Å². The fourth-order valence-corrected chi connectivity index (χ4v) is 3.78. The van der Waals surface area contributed by atoms with Crippen molar-refractivity contribution in [2.75, 3.05) is 0 Å². The first kappa shape index (κ1) is 17.8. The molecule has 0 saturated heterocycles. The minimum absolute atomic E-state index is 0.664. The molecule has 1 nitrogen and oxygen atoms in total. The Bertz CT molecular complexity index is 864. The molecule has 124 valence electrons. The quantitative estimate of drug-likeness (QED) is 0.371. The number of benzene rings is 3. The molecule has 0 aromatic heterocycles. The molecule has 0 heterocycles. The Morgan fingerprint density at radius 1 is 0.800 bits per heavy atom. The Morgan fingerprint density at radius 3 is 2.04 bits per heavy atom. The van der Waals surface area contributed by atoms with Crippen LogP contribution in [0.4, 0.5) is 0 Å². The topological polar surface area (TPSA) is 12.4 Å². The van der Waals surface area contributed by atoms with Gasteiger partial charge in [-0.25, -0.2) is 0 Å². The molecule has 0 aliphatic rings. The van der Waals surface area contributed by atoms with E-state index in [1.165, 1.54) is 5.56 Å². The third-order valence-corrected chi connectivity index (χ3v) is 4.58. The van der Waals surface area contributed by atoms with Crippen molar-refractivity contribution in [1.29, 1.82) is 0 Å². The van der Waals surface area contributed by atoms with Crippen LogP contribution in [-0.2, 0) is 6.54 Å². The molecule has 0 aliphatic heterocycles. The third-order valence-electron chi connectivity index (χ3n) is 3.66. The molecule has 0 bridgehead atoms. The molecule has 25 heavy (non-hydrogen) atoms. The summed E-state index contributed by atoms with van der Waals surface area (Å²) in [5.41, 5.74) is 4.41. The van der Waals surface area contributed by atoms with Gasteiger partial charge in [-0.05, 0) is 41.0 Å². The van der Waals surface area contributed by atoms with Gasteiger partial charge in [-0.1, -0.05) is 98.6 Å². The lowest BCUT2D eigenvalue weighted by molar-refractivity contribution is 1.07. The molecule has 0 radical (unpaired) electrons. The van der Waals surface area contributed by atoms with Crippen molar-refractivity contribution in [2.45, 2.75) is 6.54 Å². The smallest absolute Gasteiger partial charge is 0.0650 e. The minimum Gasteiger partial charge on any atom is -0.280 e. The van der Waals surface area contributed by atoms with Gasteiger partial charge >= 0.3 is 0 Å². The summed E-state index contributed by atoms with van der Waals surface area (Å²) in [5, 5.41) is 0. The summed E-state index contributed by atoms with van der Waals surface area (Å²) in [5.74, 6) is 0. The van der Waals surface area contributed by atoms with Crippen molar-refractivity contribution in [3.63, 3.8) is 0 Å². The zero-order chi connectivity index (χ0) is 17.5. The van der Waals surface area contributed by atoms with E-state index < -0.39 is 0 Å². The Hall–Kier alpha value is -1.97. The molecule has 0 N–H and O–H groups in total. The largest absolute Gasteiger partial charge is 0.280 e. The zero-order valence-corrected chi connectivity index (χ0v) is 16.7. The molecule has 0 atom stereocenters. The fraction of sp³-hybridized carbons (Fsp3) is 0.0455. The highest BCUT2D eigenvalue weighted by atomic mass is 79.9. The highest BCUT2D eigenvalue weighted by molar-refractivity contribution is 9.11. The van der Waals surface area contributed by atoms with E-state index in [1.807, 2.05) is 42.5 Å². The number of aliphatic imine (C=N–C) groups is 1. The van der Waals surface area contributed by atoms with Crippen LogP contribution in [0, 0.1) is 0 Å². The maximum Gasteiger partial charge on any atom is 0.0650 e. The first-order valence-electron chi connectivity index (χ1n) is 7.99. The zero-order valence-electron chi connectivity index (χ0n) is 13.6. The second-order valence-corrected chi connectivity index (χ2v) is 7.42. The molecule has 0 unspecified atom stereocenters. The van der Waals surface area contributed by atoms with Gasteiger partial charge in [0.1, 0.15) is 0 Å². The predicted molar refractivity (Wildman–Crippen MR) is 114 cm³/mol. The lowest BCUT2D eigenvalue weighted by Crippen LogP contribution is -1.97. The predicted octanol–water partition coefficient (Wildman–Crippen LogP) is 6.91. The second-order valence-electron chi connectivity index (χ2n) is 5.59. The number of hydrogen-bond acceptors (Lipinski definition) is 1. The highest BCUT2D eigenvalue weighted by Gasteiger charge is 2.00. The van der Waals surface area contributed by atoms with Crippen LogP contribution in [-0.4, -0.2) is 5.71 Å². The number of halogens is 2. The molecule has 0 saturated carbocycles. The first-order chi connectivity index (χ1) is 12.2. The van der Waals surface area contributed by atoms with Crippen LogP contribution in [0.1, 0.15) is 16.7 Å². The molecular weight excluding hydrogens is 438 g/mol. The lowest BCUT2D eigenvalue weighted by Gasteiger charge is -2.04. The van der Waals surface area contributed by atoms with E-state index in [1.54, 1.807) is 0 Å². The summed E-state index contributed by atoms with van der Waals surface area (Å²) in [4.78, 5) is 4.83. The number of hydrogen-bond donors (Lipinski definition) is 0. The highest BCUT2D eigenvalue weighted by Crippen LogP contribution is 2.21. The van der Waals surface area contributed by atoms with Crippen LogP contribution < -0.4 is 0 Å². The van der Waals surface area contributed by atoms with Gasteiger partial charge in [0, 0.05) is 8.95 Å². The molecule has 0 aliphatic carbocycles. The monoisotopic (exact) mass is 453 g/mol. The average Bonchev–Trinajstić information content (AvgIpc) is 2.62. The minimum atomic E-state index is 0.664. The maximum absolute atomic E-state index is 4.83. The van der Waals surface area contributed by atoms with Crippen molar-refractivity contribution >= 4 is 43.6 Å². The van der Waals surface area contributed by atoms with Crippen molar-refractivity contribution in [1.82, 2.24) is 0 Å². The van der Waals surface area contributed by atoms with Crippen LogP contribution in [0.3, 0.4) is 0 Å². The molecule has 3 aromatic rings. The standard InChI is InChI=1S/C22H17Br2N/c23-20-13-18(14-21(24)15-20)11-12-22(19-9-5-2-6-10-19)25-16-17-7-3-1-4-8-17/h1-15H,16H2/b12-11+,25-22?. The maximum atomic E-state index is 4.83. The van der Waals surface area contributed by atoms with Gasteiger partial charge in [0.15, 0.2) is 0 Å². The molecular formula is C22H17Br2N. The average molecular weight is 455 g/mol. The van der Waals surface area contributed by atoms with Crippen LogP contribution in [0.15, 0.2) is 98.9 Å². The van der Waals surface area contributed by atoms with E-state index in [-0.39, 0.29) is 0 Å².